The first-order valence-electron chi connectivity index (χ1n) is 10.8. The number of piperazine rings is 1. The van der Waals surface area contributed by atoms with E-state index < -0.39 is 0 Å². The van der Waals surface area contributed by atoms with Gasteiger partial charge >= 0.3 is 0 Å². The van der Waals surface area contributed by atoms with Crippen molar-refractivity contribution in [2.45, 2.75) is 13.3 Å². The van der Waals surface area contributed by atoms with Crippen LogP contribution in [0.25, 0.3) is 5.52 Å². The number of rotatable bonds is 5. The van der Waals surface area contributed by atoms with Crippen LogP contribution in [0.4, 0.5) is 17.6 Å². The number of carbonyl (C=O) groups is 1. The Kier molecular flexibility index (Phi) is 5.36. The molecule has 0 spiro atoms. The highest BCUT2D eigenvalue weighted by Crippen LogP contribution is 2.22. The van der Waals surface area contributed by atoms with E-state index in [9.17, 15) is 4.79 Å². The van der Waals surface area contributed by atoms with E-state index in [-0.39, 0.29) is 5.91 Å². The molecule has 0 aliphatic carbocycles. The number of nitrogens with zero attached hydrogens (tertiary/aromatic N) is 7. The fraction of sp³-hybridized carbons (Fsp3) is 0.261. The number of fused-ring (bicyclic) bond motifs is 1. The van der Waals surface area contributed by atoms with E-state index in [1.807, 2.05) is 48.4 Å². The number of hydrogen-bond acceptors (Lipinski definition) is 7. The number of aromatic nitrogens is 5. The molecule has 5 rings (SSSR count). The molecule has 1 aliphatic heterocycles. The molecule has 1 aromatic carbocycles. The summed E-state index contributed by atoms with van der Waals surface area (Å²) in [5.74, 6) is 2.05. The molecule has 0 radical (unpaired) electrons. The third-order valence-electron chi connectivity index (χ3n) is 5.69. The fourth-order valence-corrected chi connectivity index (χ4v) is 3.89. The molecule has 3 aromatic heterocycles. The van der Waals surface area contributed by atoms with Crippen molar-refractivity contribution in [3.8, 4) is 6.07 Å². The van der Waals surface area contributed by atoms with Gasteiger partial charge in [0.2, 0.25) is 11.9 Å². The van der Waals surface area contributed by atoms with Gasteiger partial charge in [0, 0.05) is 44.1 Å². The van der Waals surface area contributed by atoms with Gasteiger partial charge in [-0.05, 0) is 36.8 Å². The monoisotopic (exact) mass is 441 g/mol. The minimum Gasteiger partial charge on any atom is -0.339 e. The van der Waals surface area contributed by atoms with E-state index in [2.05, 4.69) is 31.6 Å². The van der Waals surface area contributed by atoms with Gasteiger partial charge in [-0.3, -0.25) is 9.89 Å². The Bertz CT molecular complexity index is 1320. The molecule has 10 heteroatoms. The van der Waals surface area contributed by atoms with Gasteiger partial charge < -0.3 is 15.1 Å². The zero-order valence-corrected chi connectivity index (χ0v) is 18.2. The van der Waals surface area contributed by atoms with Crippen molar-refractivity contribution < 1.29 is 4.79 Å². The molecule has 1 saturated heterocycles. The van der Waals surface area contributed by atoms with Crippen LogP contribution in [0, 0.1) is 18.3 Å². The summed E-state index contributed by atoms with van der Waals surface area (Å²) < 4.78 is 1.80. The Morgan fingerprint density at radius 3 is 2.67 bits per heavy atom. The number of amides is 1. The predicted octanol–water partition coefficient (Wildman–Crippen LogP) is 2.27. The second kappa shape index (κ2) is 8.63. The maximum Gasteiger partial charge on any atom is 0.245 e. The number of anilines is 3. The van der Waals surface area contributed by atoms with Gasteiger partial charge in [-0.1, -0.05) is 12.1 Å². The summed E-state index contributed by atoms with van der Waals surface area (Å²) in [6, 6.07) is 15.0. The molecule has 4 heterocycles. The topological polar surface area (TPSA) is 118 Å². The van der Waals surface area contributed by atoms with Crippen LogP contribution in [-0.2, 0) is 11.2 Å². The third-order valence-corrected chi connectivity index (χ3v) is 5.69. The molecule has 0 atom stereocenters. The normalized spacial score (nSPS) is 13.8. The summed E-state index contributed by atoms with van der Waals surface area (Å²) in [4.78, 5) is 21.5. The molecule has 0 unspecified atom stereocenters. The van der Waals surface area contributed by atoms with Gasteiger partial charge in [0.05, 0.1) is 18.1 Å². The lowest BCUT2D eigenvalue weighted by Crippen LogP contribution is -2.49. The summed E-state index contributed by atoms with van der Waals surface area (Å²) in [5.41, 5.74) is 3.32. The molecule has 0 bridgehead atoms. The molecule has 10 nitrogen and oxygen atoms in total. The zero-order chi connectivity index (χ0) is 22.8. The fourth-order valence-electron chi connectivity index (χ4n) is 3.89. The Balaban J connectivity index is 1.27. The standard InChI is InChI=1S/C23H23N9O/c1-16-13-20(28-27-16)25-22-19-3-2-8-32(19)29-23(26-22)31-11-9-30(10-12-31)21(33)14-17-4-6-18(15-24)7-5-17/h2-8,13H,9-12,14H2,1H3,(H2,25,26,27,28,29). The van der Waals surface area contributed by atoms with Crippen molar-refractivity contribution in [1.29, 1.82) is 5.26 Å². The highest BCUT2D eigenvalue weighted by molar-refractivity contribution is 5.79. The maximum absolute atomic E-state index is 12.8. The van der Waals surface area contributed by atoms with Gasteiger partial charge in [0.15, 0.2) is 11.6 Å². The Morgan fingerprint density at radius 2 is 1.97 bits per heavy atom. The Hall–Kier alpha value is -4.39. The predicted molar refractivity (Wildman–Crippen MR) is 123 cm³/mol. The van der Waals surface area contributed by atoms with Crippen LogP contribution in [0.2, 0.25) is 0 Å². The largest absolute Gasteiger partial charge is 0.339 e. The lowest BCUT2D eigenvalue weighted by Gasteiger charge is -2.34. The van der Waals surface area contributed by atoms with Crippen LogP contribution in [0.1, 0.15) is 16.8 Å². The van der Waals surface area contributed by atoms with E-state index >= 15 is 0 Å². The molecule has 2 N–H and O–H groups in total. The Morgan fingerprint density at radius 1 is 1.18 bits per heavy atom. The van der Waals surface area contributed by atoms with Gasteiger partial charge in [-0.2, -0.15) is 15.3 Å². The van der Waals surface area contributed by atoms with Crippen LogP contribution >= 0.6 is 0 Å². The third kappa shape index (κ3) is 4.34. The molecular formula is C23H23N9O. The summed E-state index contributed by atoms with van der Waals surface area (Å²) in [5, 5.41) is 24.0. The van der Waals surface area contributed by atoms with Crippen molar-refractivity contribution in [1.82, 2.24) is 29.7 Å². The van der Waals surface area contributed by atoms with Crippen LogP contribution in [0.15, 0.2) is 48.7 Å². The second-order valence-electron chi connectivity index (χ2n) is 8.01. The lowest BCUT2D eigenvalue weighted by molar-refractivity contribution is -0.130. The molecule has 1 aliphatic rings. The molecule has 1 fully saturated rings. The number of aryl methyl sites for hydroxylation is 1. The number of H-pyrrole nitrogens is 1. The smallest absolute Gasteiger partial charge is 0.245 e. The molecular weight excluding hydrogens is 418 g/mol. The average molecular weight is 441 g/mol. The number of nitrogens with one attached hydrogen (secondary N) is 2. The van der Waals surface area contributed by atoms with Gasteiger partial charge in [-0.25, -0.2) is 4.52 Å². The van der Waals surface area contributed by atoms with Crippen LogP contribution in [-0.4, -0.2) is 61.8 Å². The SMILES string of the molecule is Cc1cc(Nc2nc(N3CCN(C(=O)Cc4ccc(C#N)cc4)CC3)nn3cccc23)n[nH]1. The minimum atomic E-state index is 0.0809. The van der Waals surface area contributed by atoms with Crippen LogP contribution in [0.3, 0.4) is 0 Å². The van der Waals surface area contributed by atoms with Crippen molar-refractivity contribution in [3.05, 3.63) is 65.5 Å². The molecule has 33 heavy (non-hydrogen) atoms. The second-order valence-corrected chi connectivity index (χ2v) is 8.01. The van der Waals surface area contributed by atoms with Crippen LogP contribution in [0.5, 0.6) is 0 Å². The molecule has 4 aromatic rings. The van der Waals surface area contributed by atoms with E-state index in [4.69, 9.17) is 10.2 Å². The first kappa shape index (κ1) is 20.5. The van der Waals surface area contributed by atoms with Gasteiger partial charge in [0.25, 0.3) is 0 Å². The van der Waals surface area contributed by atoms with Gasteiger partial charge in [-0.15, -0.1) is 5.10 Å². The lowest BCUT2D eigenvalue weighted by atomic mass is 10.1. The van der Waals surface area contributed by atoms with Crippen molar-refractivity contribution in [3.63, 3.8) is 0 Å². The minimum absolute atomic E-state index is 0.0809. The average Bonchev–Trinajstić information content (AvgIpc) is 3.48. The van der Waals surface area contributed by atoms with E-state index in [1.165, 1.54) is 0 Å². The quantitative estimate of drug-likeness (QED) is 0.488. The Labute approximate surface area is 190 Å². The highest BCUT2D eigenvalue weighted by atomic mass is 16.2. The number of aromatic amines is 1. The van der Waals surface area contributed by atoms with Gasteiger partial charge in [0.1, 0.15) is 5.52 Å². The van der Waals surface area contributed by atoms with Crippen molar-refractivity contribution >= 4 is 29.0 Å². The number of benzene rings is 1. The first-order chi connectivity index (χ1) is 16.1. The van der Waals surface area contributed by atoms with Crippen molar-refractivity contribution in [2.24, 2.45) is 0 Å². The zero-order valence-electron chi connectivity index (χ0n) is 18.2. The molecule has 0 saturated carbocycles. The van der Waals surface area contributed by atoms with Crippen LogP contribution < -0.4 is 10.2 Å². The first-order valence-corrected chi connectivity index (χ1v) is 10.8. The van der Waals surface area contributed by atoms with E-state index in [1.54, 1.807) is 16.6 Å². The molecule has 166 valence electrons. The number of carbonyl (C=O) groups excluding carboxylic acids is 1. The summed E-state index contributed by atoms with van der Waals surface area (Å²) in [7, 11) is 0. The van der Waals surface area contributed by atoms with Crippen molar-refractivity contribution in [2.75, 3.05) is 36.4 Å². The maximum atomic E-state index is 12.8. The summed E-state index contributed by atoms with van der Waals surface area (Å²) in [6.45, 7) is 4.44. The van der Waals surface area contributed by atoms with E-state index in [0.29, 0.717) is 55.7 Å². The van der Waals surface area contributed by atoms with E-state index in [0.717, 1.165) is 16.8 Å². The highest BCUT2D eigenvalue weighted by Gasteiger charge is 2.24. The molecule has 1 amide bonds. The number of nitriles is 1. The summed E-state index contributed by atoms with van der Waals surface area (Å²) in [6.07, 6.45) is 2.22. The number of hydrogen-bond donors (Lipinski definition) is 2. The summed E-state index contributed by atoms with van der Waals surface area (Å²) >= 11 is 0.